The van der Waals surface area contributed by atoms with E-state index in [1.54, 1.807) is 13.4 Å². The predicted octanol–water partition coefficient (Wildman–Crippen LogP) is 5.79. The minimum Gasteiger partial charge on any atom is -0.377 e. The van der Waals surface area contributed by atoms with Crippen molar-refractivity contribution in [2.75, 3.05) is 19.5 Å². The van der Waals surface area contributed by atoms with Crippen LogP contribution >= 0.6 is 0 Å². The molecule has 0 saturated carbocycles. The molecule has 5 heteroatoms. The molecule has 1 N–H and O–H groups in total. The van der Waals surface area contributed by atoms with Gasteiger partial charge in [0, 0.05) is 25.9 Å². The molecule has 0 fully saturated rings. The summed E-state index contributed by atoms with van der Waals surface area (Å²) in [5.41, 5.74) is 6.64. The van der Waals surface area contributed by atoms with Crippen LogP contribution in [0.25, 0.3) is 33.3 Å². The maximum Gasteiger partial charge on any atom is 0.146 e. The van der Waals surface area contributed by atoms with Gasteiger partial charge in [-0.25, -0.2) is 9.97 Å². The number of anilines is 1. The third-order valence-electron chi connectivity index (χ3n) is 5.89. The highest BCUT2D eigenvalue weighted by molar-refractivity contribution is 6.01. The zero-order chi connectivity index (χ0) is 22.0. The number of hydrogen-bond acceptors (Lipinski definition) is 4. The van der Waals surface area contributed by atoms with E-state index in [1.165, 1.54) is 16.7 Å². The molecule has 0 spiro atoms. The number of methoxy groups -OCH3 is 1. The Bertz CT molecular complexity index is 1170. The Hall–Kier alpha value is -3.18. The molecule has 160 valence electrons. The van der Waals surface area contributed by atoms with Crippen molar-refractivity contribution in [1.29, 1.82) is 0 Å². The number of aromatic nitrogens is 3. The number of benzene rings is 2. The lowest BCUT2D eigenvalue weighted by molar-refractivity contribution is 0.00904. The fourth-order valence-corrected chi connectivity index (χ4v) is 3.90. The average molecular weight is 415 g/mol. The van der Waals surface area contributed by atoms with Gasteiger partial charge in [-0.05, 0) is 42.5 Å². The first-order valence-corrected chi connectivity index (χ1v) is 10.7. The molecule has 0 unspecified atom stereocenters. The normalized spacial score (nSPS) is 11.8. The summed E-state index contributed by atoms with van der Waals surface area (Å²) in [6, 6.07) is 17.5. The molecule has 0 aliphatic heterocycles. The maximum absolute atomic E-state index is 5.66. The van der Waals surface area contributed by atoms with Crippen molar-refractivity contribution in [3.8, 4) is 22.3 Å². The van der Waals surface area contributed by atoms with Crippen molar-refractivity contribution in [3.05, 3.63) is 66.6 Å². The SMILES string of the molecule is CCc1ccc(-c2ccc(-c3cn(CC(C)(C)OC)c4ncnc(NC)c34)cc2)cc1. The summed E-state index contributed by atoms with van der Waals surface area (Å²) in [5, 5.41) is 4.25. The monoisotopic (exact) mass is 414 g/mol. The van der Waals surface area contributed by atoms with E-state index in [0.717, 1.165) is 34.4 Å². The molecule has 0 bridgehead atoms. The second-order valence-corrected chi connectivity index (χ2v) is 8.43. The molecule has 0 atom stereocenters. The summed E-state index contributed by atoms with van der Waals surface area (Å²) in [7, 11) is 3.64. The van der Waals surface area contributed by atoms with Gasteiger partial charge in [0.2, 0.25) is 0 Å². The topological polar surface area (TPSA) is 52.0 Å². The van der Waals surface area contributed by atoms with Crippen LogP contribution in [0.4, 0.5) is 5.82 Å². The molecule has 0 aliphatic rings. The van der Waals surface area contributed by atoms with E-state index in [-0.39, 0.29) is 5.60 Å². The Morgan fingerprint density at radius 2 is 1.55 bits per heavy atom. The summed E-state index contributed by atoms with van der Waals surface area (Å²) in [6.45, 7) is 7.04. The standard InChI is InChI=1S/C26H30N4O/c1-6-18-7-9-19(10-8-18)20-11-13-21(14-12-20)22-15-30(16-26(2,3)31-5)25-23(22)24(27-4)28-17-29-25/h7-15,17H,6,16H2,1-5H3,(H,27,28,29). The smallest absolute Gasteiger partial charge is 0.146 e. The van der Waals surface area contributed by atoms with Gasteiger partial charge in [0.05, 0.1) is 17.5 Å². The van der Waals surface area contributed by atoms with Crippen molar-refractivity contribution < 1.29 is 4.74 Å². The Kier molecular flexibility index (Phi) is 5.79. The van der Waals surface area contributed by atoms with E-state index >= 15 is 0 Å². The summed E-state index contributed by atoms with van der Waals surface area (Å²) in [5.74, 6) is 0.827. The molecular formula is C26H30N4O. The maximum atomic E-state index is 5.66. The molecule has 4 rings (SSSR count). The minimum atomic E-state index is -0.303. The number of hydrogen-bond donors (Lipinski definition) is 1. The first kappa shape index (κ1) is 21.1. The van der Waals surface area contributed by atoms with Gasteiger partial charge < -0.3 is 14.6 Å². The van der Waals surface area contributed by atoms with Gasteiger partial charge in [-0.15, -0.1) is 0 Å². The largest absolute Gasteiger partial charge is 0.377 e. The van der Waals surface area contributed by atoms with E-state index < -0.39 is 0 Å². The van der Waals surface area contributed by atoms with E-state index in [2.05, 4.69) is 95.4 Å². The first-order chi connectivity index (χ1) is 15.0. The molecule has 2 heterocycles. The Labute approximate surface area is 184 Å². The van der Waals surface area contributed by atoms with Crippen LogP contribution in [-0.4, -0.2) is 34.3 Å². The van der Waals surface area contributed by atoms with Crippen molar-refractivity contribution in [2.45, 2.75) is 39.3 Å². The van der Waals surface area contributed by atoms with Crippen molar-refractivity contribution in [2.24, 2.45) is 0 Å². The Balaban J connectivity index is 1.78. The second-order valence-electron chi connectivity index (χ2n) is 8.43. The van der Waals surface area contributed by atoms with Gasteiger partial charge in [0.1, 0.15) is 17.8 Å². The highest BCUT2D eigenvalue weighted by Crippen LogP contribution is 2.35. The molecule has 2 aromatic carbocycles. The molecule has 2 aromatic heterocycles. The van der Waals surface area contributed by atoms with E-state index in [4.69, 9.17) is 4.74 Å². The van der Waals surface area contributed by atoms with Crippen LogP contribution in [0.5, 0.6) is 0 Å². The van der Waals surface area contributed by atoms with Crippen LogP contribution in [0, 0.1) is 0 Å². The van der Waals surface area contributed by atoms with Gasteiger partial charge in [-0.2, -0.15) is 0 Å². The summed E-state index contributed by atoms with van der Waals surface area (Å²) in [6.07, 6.45) is 4.82. The lowest BCUT2D eigenvalue weighted by Gasteiger charge is -2.23. The van der Waals surface area contributed by atoms with E-state index in [9.17, 15) is 0 Å². The highest BCUT2D eigenvalue weighted by atomic mass is 16.5. The average Bonchev–Trinajstić information content (AvgIpc) is 3.17. The molecule has 4 aromatic rings. The lowest BCUT2D eigenvalue weighted by Crippen LogP contribution is -2.28. The van der Waals surface area contributed by atoms with Crippen LogP contribution < -0.4 is 5.32 Å². The first-order valence-electron chi connectivity index (χ1n) is 10.7. The zero-order valence-electron chi connectivity index (χ0n) is 18.9. The van der Waals surface area contributed by atoms with E-state index in [0.29, 0.717) is 6.54 Å². The summed E-state index contributed by atoms with van der Waals surface area (Å²) < 4.78 is 7.82. The molecule has 0 amide bonds. The van der Waals surface area contributed by atoms with Crippen molar-refractivity contribution in [3.63, 3.8) is 0 Å². The quantitative estimate of drug-likeness (QED) is 0.416. The molecule has 0 aliphatic carbocycles. The second kappa shape index (κ2) is 8.52. The third kappa shape index (κ3) is 4.19. The van der Waals surface area contributed by atoms with Crippen LogP contribution in [0.2, 0.25) is 0 Å². The van der Waals surface area contributed by atoms with Gasteiger partial charge in [-0.3, -0.25) is 0 Å². The minimum absolute atomic E-state index is 0.303. The van der Waals surface area contributed by atoms with Gasteiger partial charge in [0.25, 0.3) is 0 Å². The van der Waals surface area contributed by atoms with Gasteiger partial charge in [0.15, 0.2) is 0 Å². The van der Waals surface area contributed by atoms with Crippen LogP contribution in [0.15, 0.2) is 61.1 Å². The predicted molar refractivity (Wildman–Crippen MR) is 128 cm³/mol. The van der Waals surface area contributed by atoms with Gasteiger partial charge >= 0.3 is 0 Å². The Morgan fingerprint density at radius 1 is 0.935 bits per heavy atom. The van der Waals surface area contributed by atoms with Crippen LogP contribution in [0.3, 0.4) is 0 Å². The summed E-state index contributed by atoms with van der Waals surface area (Å²) in [4.78, 5) is 9.05. The zero-order valence-corrected chi connectivity index (χ0v) is 18.9. The molecule has 5 nitrogen and oxygen atoms in total. The van der Waals surface area contributed by atoms with Crippen LogP contribution in [0.1, 0.15) is 26.3 Å². The molecule has 0 radical (unpaired) electrons. The number of aryl methyl sites for hydroxylation is 1. The lowest BCUT2D eigenvalue weighted by atomic mass is 9.99. The Morgan fingerprint density at radius 3 is 2.13 bits per heavy atom. The fourth-order valence-electron chi connectivity index (χ4n) is 3.90. The fraction of sp³-hybridized carbons (Fsp3) is 0.308. The summed E-state index contributed by atoms with van der Waals surface area (Å²) >= 11 is 0. The molecule has 0 saturated heterocycles. The third-order valence-corrected chi connectivity index (χ3v) is 5.89. The highest BCUT2D eigenvalue weighted by Gasteiger charge is 2.22. The number of fused-ring (bicyclic) bond motifs is 1. The number of rotatable bonds is 7. The molecule has 31 heavy (non-hydrogen) atoms. The number of nitrogens with one attached hydrogen (secondary N) is 1. The van der Waals surface area contributed by atoms with E-state index in [1.807, 2.05) is 7.05 Å². The van der Waals surface area contributed by atoms with Crippen molar-refractivity contribution >= 4 is 16.9 Å². The number of nitrogens with zero attached hydrogens (tertiary/aromatic N) is 3. The van der Waals surface area contributed by atoms with Crippen LogP contribution in [-0.2, 0) is 17.7 Å². The van der Waals surface area contributed by atoms with Gasteiger partial charge in [-0.1, -0.05) is 55.5 Å². The number of ether oxygens (including phenoxy) is 1. The molecular weight excluding hydrogens is 384 g/mol. The van der Waals surface area contributed by atoms with Crippen molar-refractivity contribution in [1.82, 2.24) is 14.5 Å².